The molecule has 1 amide bonds. The zero-order valence-electron chi connectivity index (χ0n) is 14.3. The Labute approximate surface area is 144 Å². The molecule has 3 saturated heterocycles. The van der Waals surface area contributed by atoms with Crippen LogP contribution < -0.4 is 0 Å². The van der Waals surface area contributed by atoms with E-state index in [0.29, 0.717) is 11.8 Å². The van der Waals surface area contributed by atoms with Crippen molar-refractivity contribution in [2.45, 2.75) is 38.3 Å². The molecule has 0 N–H and O–H groups in total. The summed E-state index contributed by atoms with van der Waals surface area (Å²) in [6.07, 6.45) is 6.35. The molecule has 5 nitrogen and oxygen atoms in total. The first-order chi connectivity index (χ1) is 11.8. The number of amides is 1. The van der Waals surface area contributed by atoms with Crippen molar-refractivity contribution < 1.29 is 9.53 Å². The Bertz CT molecular complexity index is 559. The number of pyridine rings is 1. The topological polar surface area (TPSA) is 45.7 Å². The van der Waals surface area contributed by atoms with Gasteiger partial charge in [0.15, 0.2) is 0 Å². The third kappa shape index (κ3) is 3.33. The zero-order valence-corrected chi connectivity index (χ0v) is 14.3. The molecular formula is C19H27N3O2. The molecule has 24 heavy (non-hydrogen) atoms. The summed E-state index contributed by atoms with van der Waals surface area (Å²) in [5, 5.41) is 0. The van der Waals surface area contributed by atoms with E-state index in [9.17, 15) is 4.79 Å². The minimum atomic E-state index is 0.147. The van der Waals surface area contributed by atoms with Gasteiger partial charge in [-0.3, -0.25) is 14.7 Å². The van der Waals surface area contributed by atoms with Gasteiger partial charge >= 0.3 is 0 Å². The first-order valence-electron chi connectivity index (χ1n) is 9.34. The fourth-order valence-electron chi connectivity index (χ4n) is 4.53. The fourth-order valence-corrected chi connectivity index (χ4v) is 4.53. The van der Waals surface area contributed by atoms with Crippen molar-refractivity contribution in [1.29, 1.82) is 0 Å². The molecule has 3 aliphatic rings. The maximum atomic E-state index is 13.0. The molecule has 0 aliphatic carbocycles. The average molecular weight is 329 g/mol. The highest BCUT2D eigenvalue weighted by Crippen LogP contribution is 2.35. The summed E-state index contributed by atoms with van der Waals surface area (Å²) < 4.78 is 6.01. The lowest BCUT2D eigenvalue weighted by atomic mass is 9.78. The lowest BCUT2D eigenvalue weighted by Gasteiger charge is -2.45. The average Bonchev–Trinajstić information content (AvgIpc) is 3.16. The van der Waals surface area contributed by atoms with E-state index in [1.54, 1.807) is 0 Å². The number of nitrogens with zero attached hydrogens (tertiary/aromatic N) is 3. The second-order valence-corrected chi connectivity index (χ2v) is 7.35. The number of fused-ring (bicyclic) bond motifs is 1. The van der Waals surface area contributed by atoms with Crippen LogP contribution in [-0.2, 0) is 16.1 Å². The highest BCUT2D eigenvalue weighted by atomic mass is 16.5. The third-order valence-corrected chi connectivity index (χ3v) is 5.80. The largest absolute Gasteiger partial charge is 0.378 e. The minimum absolute atomic E-state index is 0.147. The van der Waals surface area contributed by atoms with Gasteiger partial charge in [0.25, 0.3) is 0 Å². The second-order valence-electron chi connectivity index (χ2n) is 7.35. The lowest BCUT2D eigenvalue weighted by Crippen LogP contribution is -2.53. The molecule has 3 atom stereocenters. The molecule has 0 radical (unpaired) electrons. The van der Waals surface area contributed by atoms with E-state index in [2.05, 4.69) is 20.9 Å². The summed E-state index contributed by atoms with van der Waals surface area (Å²) in [4.78, 5) is 21.9. The summed E-state index contributed by atoms with van der Waals surface area (Å²) in [7, 11) is 0. The Morgan fingerprint density at radius 2 is 2.08 bits per heavy atom. The van der Waals surface area contributed by atoms with Gasteiger partial charge in [-0.25, -0.2) is 0 Å². The van der Waals surface area contributed by atoms with Crippen molar-refractivity contribution in [3.8, 4) is 0 Å². The first-order valence-corrected chi connectivity index (χ1v) is 9.34. The Balaban J connectivity index is 1.44. The monoisotopic (exact) mass is 329 g/mol. The molecule has 3 aliphatic heterocycles. The molecule has 4 rings (SSSR count). The number of hydrogen-bond donors (Lipinski definition) is 0. The van der Waals surface area contributed by atoms with Gasteiger partial charge in [-0.2, -0.15) is 0 Å². The number of aromatic nitrogens is 1. The molecule has 0 aromatic carbocycles. The van der Waals surface area contributed by atoms with E-state index in [0.717, 1.165) is 70.7 Å². The number of hydrogen-bond acceptors (Lipinski definition) is 4. The molecule has 0 unspecified atom stereocenters. The number of rotatable bonds is 3. The summed E-state index contributed by atoms with van der Waals surface area (Å²) in [6, 6.07) is 6.07. The van der Waals surface area contributed by atoms with Crippen LogP contribution in [0.25, 0.3) is 0 Å². The van der Waals surface area contributed by atoms with Crippen LogP contribution in [0.15, 0.2) is 24.4 Å². The Hall–Kier alpha value is -1.46. The van der Waals surface area contributed by atoms with Gasteiger partial charge in [0.2, 0.25) is 5.91 Å². The van der Waals surface area contributed by atoms with Crippen LogP contribution in [0.1, 0.15) is 31.4 Å². The van der Waals surface area contributed by atoms with Gasteiger partial charge in [-0.15, -0.1) is 0 Å². The first kappa shape index (κ1) is 16.0. The van der Waals surface area contributed by atoms with Crippen LogP contribution in [0.4, 0.5) is 0 Å². The van der Waals surface area contributed by atoms with Crippen LogP contribution >= 0.6 is 0 Å². The van der Waals surface area contributed by atoms with E-state index in [-0.39, 0.29) is 12.0 Å². The van der Waals surface area contributed by atoms with Crippen LogP contribution in [0, 0.1) is 11.8 Å². The van der Waals surface area contributed by atoms with Crippen LogP contribution in [-0.4, -0.2) is 59.6 Å². The number of carbonyl (C=O) groups excluding carboxylic acids is 1. The van der Waals surface area contributed by atoms with Crippen molar-refractivity contribution in [1.82, 2.24) is 14.8 Å². The normalized spacial score (nSPS) is 31.0. The molecule has 3 fully saturated rings. The highest BCUT2D eigenvalue weighted by Gasteiger charge is 2.43. The zero-order chi connectivity index (χ0) is 16.4. The predicted molar refractivity (Wildman–Crippen MR) is 91.3 cm³/mol. The van der Waals surface area contributed by atoms with Gasteiger partial charge in [0.1, 0.15) is 0 Å². The molecule has 0 saturated carbocycles. The quantitative estimate of drug-likeness (QED) is 0.850. The van der Waals surface area contributed by atoms with Gasteiger partial charge in [0.05, 0.1) is 11.8 Å². The van der Waals surface area contributed by atoms with Crippen molar-refractivity contribution in [3.63, 3.8) is 0 Å². The van der Waals surface area contributed by atoms with E-state index in [1.807, 2.05) is 18.3 Å². The van der Waals surface area contributed by atoms with E-state index < -0.39 is 0 Å². The predicted octanol–water partition coefficient (Wildman–Crippen LogP) is 1.93. The van der Waals surface area contributed by atoms with Gasteiger partial charge in [-0.1, -0.05) is 6.07 Å². The molecule has 5 heteroatoms. The Morgan fingerprint density at radius 1 is 1.21 bits per heavy atom. The molecule has 0 bridgehead atoms. The maximum Gasteiger partial charge on any atom is 0.226 e. The summed E-state index contributed by atoms with van der Waals surface area (Å²) in [5.41, 5.74) is 1.11. The summed E-state index contributed by atoms with van der Waals surface area (Å²) in [5.74, 6) is 0.864. The van der Waals surface area contributed by atoms with Gasteiger partial charge in [-0.05, 0) is 37.8 Å². The van der Waals surface area contributed by atoms with Crippen molar-refractivity contribution in [2.75, 3.05) is 32.8 Å². The van der Waals surface area contributed by atoms with Crippen LogP contribution in [0.3, 0.4) is 0 Å². The van der Waals surface area contributed by atoms with E-state index in [4.69, 9.17) is 4.74 Å². The standard InChI is InChI=1S/C19H27N3O2/c23-19(22-9-3-4-10-22)16-7-12-24-18-6-11-21(14-17(16)18)13-15-5-1-2-8-20-15/h1-2,5,8,16-18H,3-4,6-7,9-14H2/t16-,17-,18-/m1/s1. The third-order valence-electron chi connectivity index (χ3n) is 5.80. The van der Waals surface area contributed by atoms with Gasteiger partial charge < -0.3 is 9.64 Å². The van der Waals surface area contributed by atoms with Crippen molar-refractivity contribution in [2.24, 2.45) is 11.8 Å². The van der Waals surface area contributed by atoms with E-state index in [1.165, 1.54) is 0 Å². The molecular weight excluding hydrogens is 302 g/mol. The second kappa shape index (κ2) is 7.19. The number of piperidine rings is 1. The lowest BCUT2D eigenvalue weighted by molar-refractivity contribution is -0.150. The SMILES string of the molecule is O=C([C@@H]1CCO[C@@H]2CCN(Cc3ccccn3)C[C@@H]21)N1CCCC1. The number of likely N-dealkylation sites (tertiary alicyclic amines) is 2. The van der Waals surface area contributed by atoms with E-state index >= 15 is 0 Å². The number of carbonyl (C=O) groups is 1. The van der Waals surface area contributed by atoms with Crippen molar-refractivity contribution in [3.05, 3.63) is 30.1 Å². The maximum absolute atomic E-state index is 13.0. The van der Waals surface area contributed by atoms with Crippen LogP contribution in [0.5, 0.6) is 0 Å². The summed E-state index contributed by atoms with van der Waals surface area (Å²) >= 11 is 0. The Kier molecular flexibility index (Phi) is 4.81. The van der Waals surface area contributed by atoms with Crippen molar-refractivity contribution >= 4 is 5.91 Å². The summed E-state index contributed by atoms with van der Waals surface area (Å²) in [6.45, 7) is 5.49. The van der Waals surface area contributed by atoms with Gasteiger partial charge in [0, 0.05) is 57.4 Å². The molecule has 1 aromatic rings. The molecule has 0 spiro atoms. The highest BCUT2D eigenvalue weighted by molar-refractivity contribution is 5.79. The smallest absolute Gasteiger partial charge is 0.226 e. The molecule has 4 heterocycles. The Morgan fingerprint density at radius 3 is 2.88 bits per heavy atom. The molecule has 1 aromatic heterocycles. The minimum Gasteiger partial charge on any atom is -0.378 e. The van der Waals surface area contributed by atoms with Crippen LogP contribution in [0.2, 0.25) is 0 Å². The fraction of sp³-hybridized carbons (Fsp3) is 0.684. The molecule has 130 valence electrons. The number of ether oxygens (including phenoxy) is 1.